The molecule has 13 heavy (non-hydrogen) atoms. The van der Waals surface area contributed by atoms with Gasteiger partial charge in [-0.15, -0.1) is 0 Å². The Morgan fingerprint density at radius 2 is 1.69 bits per heavy atom. The number of rotatable bonds is 3. The van der Waals surface area contributed by atoms with Crippen molar-refractivity contribution in [2.45, 2.75) is 19.8 Å². The molecule has 0 aliphatic rings. The summed E-state index contributed by atoms with van der Waals surface area (Å²) in [6, 6.07) is 0. The Balaban J connectivity index is 5.20. The van der Waals surface area contributed by atoms with Crippen LogP contribution in [-0.4, -0.2) is 30.1 Å². The summed E-state index contributed by atoms with van der Waals surface area (Å²) in [5.74, 6) is -7.05. The van der Waals surface area contributed by atoms with E-state index in [0.29, 0.717) is 13.8 Å². The number of methoxy groups -OCH3 is 1. The molecule has 0 aliphatic carbocycles. The first-order valence-corrected chi connectivity index (χ1v) is 3.37. The number of carbonyl (C=O) groups is 2. The van der Waals surface area contributed by atoms with Crippen molar-refractivity contribution < 1.29 is 28.2 Å². The maximum atomic E-state index is 12.8. The summed E-state index contributed by atoms with van der Waals surface area (Å²) in [5, 5.41) is 8.49. The van der Waals surface area contributed by atoms with Crippen molar-refractivity contribution >= 4 is 11.9 Å². The highest BCUT2D eigenvalue weighted by Gasteiger charge is 2.59. The van der Waals surface area contributed by atoms with E-state index in [1.165, 1.54) is 0 Å². The highest BCUT2D eigenvalue weighted by molar-refractivity contribution is 5.99. The van der Waals surface area contributed by atoms with Crippen LogP contribution in [0.25, 0.3) is 0 Å². The van der Waals surface area contributed by atoms with Crippen molar-refractivity contribution in [2.75, 3.05) is 7.11 Å². The summed E-state index contributed by atoms with van der Waals surface area (Å²) in [6.07, 6.45) is 0. The number of carboxylic acids is 1. The molecule has 1 unspecified atom stereocenters. The Bertz CT molecular complexity index is 233. The minimum absolute atomic E-state index is 0.359. The molecule has 0 heterocycles. The maximum absolute atomic E-state index is 12.8. The third kappa shape index (κ3) is 1.76. The Kier molecular flexibility index (Phi) is 2.97. The number of esters is 1. The number of halogens is 2. The maximum Gasteiger partial charge on any atom is 0.329 e. The number of ether oxygens (including phenoxy) is 1. The average molecular weight is 196 g/mol. The van der Waals surface area contributed by atoms with E-state index in [4.69, 9.17) is 5.11 Å². The second-order valence-electron chi connectivity index (χ2n) is 2.81. The van der Waals surface area contributed by atoms with E-state index in [0.717, 1.165) is 7.11 Å². The second-order valence-corrected chi connectivity index (χ2v) is 2.81. The highest BCUT2D eigenvalue weighted by atomic mass is 19.3. The predicted molar refractivity (Wildman–Crippen MR) is 38.4 cm³/mol. The zero-order valence-corrected chi connectivity index (χ0v) is 7.43. The monoisotopic (exact) mass is 196 g/mol. The largest absolute Gasteiger partial charge is 0.480 e. The lowest BCUT2D eigenvalue weighted by Crippen LogP contribution is -2.50. The fourth-order valence-electron chi connectivity index (χ4n) is 0.658. The molecule has 0 radical (unpaired) electrons. The minimum atomic E-state index is -3.67. The molecule has 0 aromatic rings. The Labute approximate surface area is 73.5 Å². The molecule has 0 fully saturated rings. The minimum Gasteiger partial charge on any atom is -0.480 e. The summed E-state index contributed by atoms with van der Waals surface area (Å²) in [6.45, 7) is 0.985. The quantitative estimate of drug-likeness (QED) is 0.538. The van der Waals surface area contributed by atoms with Crippen LogP contribution in [0.5, 0.6) is 0 Å². The van der Waals surface area contributed by atoms with Crippen LogP contribution in [0, 0.1) is 5.41 Å². The van der Waals surface area contributed by atoms with Crippen LogP contribution in [0.4, 0.5) is 8.78 Å². The summed E-state index contributed by atoms with van der Waals surface area (Å²) in [4.78, 5) is 21.3. The molecule has 4 nitrogen and oxygen atoms in total. The van der Waals surface area contributed by atoms with E-state index in [1.807, 2.05) is 0 Å². The summed E-state index contributed by atoms with van der Waals surface area (Å²) in [7, 11) is 0.856. The standard InChI is InChI=1S/C7H10F2O4/c1-6(4(10)11,5(12)13-3)7(2,8)9/h1-3H3,(H,10,11). The van der Waals surface area contributed by atoms with E-state index in [2.05, 4.69) is 4.74 Å². The van der Waals surface area contributed by atoms with Crippen LogP contribution in [0.1, 0.15) is 13.8 Å². The molecular formula is C7H10F2O4. The van der Waals surface area contributed by atoms with Crippen molar-refractivity contribution in [3.05, 3.63) is 0 Å². The van der Waals surface area contributed by atoms with Crippen molar-refractivity contribution in [3.63, 3.8) is 0 Å². The van der Waals surface area contributed by atoms with Crippen LogP contribution in [0.3, 0.4) is 0 Å². The van der Waals surface area contributed by atoms with Crippen LogP contribution in [-0.2, 0) is 14.3 Å². The molecule has 0 aliphatic heterocycles. The SMILES string of the molecule is COC(=O)C(C)(C(=O)O)C(C)(F)F. The number of carboxylic acid groups (broad SMARTS) is 1. The first-order chi connectivity index (χ1) is 5.67. The van der Waals surface area contributed by atoms with Crippen LogP contribution < -0.4 is 0 Å². The van der Waals surface area contributed by atoms with Crippen LogP contribution >= 0.6 is 0 Å². The number of hydrogen-bond acceptors (Lipinski definition) is 3. The van der Waals surface area contributed by atoms with Gasteiger partial charge in [-0.2, -0.15) is 0 Å². The van der Waals surface area contributed by atoms with E-state index in [9.17, 15) is 18.4 Å². The molecule has 0 amide bonds. The topological polar surface area (TPSA) is 63.6 Å². The van der Waals surface area contributed by atoms with Crippen molar-refractivity contribution in [3.8, 4) is 0 Å². The zero-order chi connectivity index (χ0) is 10.9. The lowest BCUT2D eigenvalue weighted by atomic mass is 9.84. The van der Waals surface area contributed by atoms with Crippen LogP contribution in [0.2, 0.25) is 0 Å². The Hall–Kier alpha value is -1.20. The van der Waals surface area contributed by atoms with Gasteiger partial charge < -0.3 is 9.84 Å². The fraction of sp³-hybridized carbons (Fsp3) is 0.714. The average Bonchev–Trinajstić information content (AvgIpc) is 1.98. The third-order valence-corrected chi connectivity index (χ3v) is 1.90. The smallest absolute Gasteiger partial charge is 0.329 e. The van der Waals surface area contributed by atoms with Gasteiger partial charge in [0.1, 0.15) is 0 Å². The van der Waals surface area contributed by atoms with Gasteiger partial charge in [0.15, 0.2) is 0 Å². The van der Waals surface area contributed by atoms with Crippen molar-refractivity contribution in [2.24, 2.45) is 5.41 Å². The van der Waals surface area contributed by atoms with Gasteiger partial charge in [-0.1, -0.05) is 0 Å². The molecule has 1 atom stereocenters. The second kappa shape index (κ2) is 3.27. The number of hydrogen-bond donors (Lipinski definition) is 1. The Morgan fingerprint density at radius 1 is 1.31 bits per heavy atom. The molecule has 0 saturated carbocycles. The normalized spacial score (nSPS) is 16.1. The fourth-order valence-corrected chi connectivity index (χ4v) is 0.658. The van der Waals surface area contributed by atoms with Gasteiger partial charge in [0.2, 0.25) is 5.41 Å². The van der Waals surface area contributed by atoms with E-state index >= 15 is 0 Å². The third-order valence-electron chi connectivity index (χ3n) is 1.90. The molecular weight excluding hydrogens is 186 g/mol. The molecule has 0 bridgehead atoms. The predicted octanol–water partition coefficient (Wildman–Crippen LogP) is 0.905. The number of carbonyl (C=O) groups excluding carboxylic acids is 1. The van der Waals surface area contributed by atoms with Gasteiger partial charge >= 0.3 is 11.9 Å². The number of alkyl halides is 2. The van der Waals surface area contributed by atoms with Gasteiger partial charge in [0.25, 0.3) is 5.92 Å². The molecule has 0 saturated heterocycles. The Morgan fingerprint density at radius 3 is 1.77 bits per heavy atom. The van der Waals surface area contributed by atoms with E-state index < -0.39 is 23.3 Å². The molecule has 6 heteroatoms. The van der Waals surface area contributed by atoms with Gasteiger partial charge in [0.05, 0.1) is 7.11 Å². The summed E-state index contributed by atoms with van der Waals surface area (Å²) >= 11 is 0. The molecule has 0 rings (SSSR count). The first kappa shape index (κ1) is 11.8. The molecule has 0 spiro atoms. The van der Waals surface area contributed by atoms with E-state index in [1.54, 1.807) is 0 Å². The zero-order valence-electron chi connectivity index (χ0n) is 7.43. The van der Waals surface area contributed by atoms with Crippen molar-refractivity contribution in [1.82, 2.24) is 0 Å². The van der Waals surface area contributed by atoms with E-state index in [-0.39, 0.29) is 0 Å². The summed E-state index contributed by atoms with van der Waals surface area (Å²) < 4.78 is 29.6. The highest BCUT2D eigenvalue weighted by Crippen LogP contribution is 2.37. The van der Waals surface area contributed by atoms with Gasteiger partial charge in [-0.05, 0) is 6.92 Å². The van der Waals surface area contributed by atoms with Crippen molar-refractivity contribution in [1.29, 1.82) is 0 Å². The van der Waals surface area contributed by atoms with Gasteiger partial charge in [0, 0.05) is 6.92 Å². The molecule has 0 aromatic carbocycles. The molecule has 76 valence electrons. The first-order valence-electron chi connectivity index (χ1n) is 3.37. The molecule has 1 N–H and O–H groups in total. The molecule has 0 aromatic heterocycles. The van der Waals surface area contributed by atoms with Gasteiger partial charge in [-0.3, -0.25) is 9.59 Å². The van der Waals surface area contributed by atoms with Crippen LogP contribution in [0.15, 0.2) is 0 Å². The lowest BCUT2D eigenvalue weighted by Gasteiger charge is -2.27. The summed E-state index contributed by atoms with van der Waals surface area (Å²) in [5.41, 5.74) is -2.83. The van der Waals surface area contributed by atoms with Gasteiger partial charge in [-0.25, -0.2) is 8.78 Å². The number of aliphatic carboxylic acids is 1. The lowest BCUT2D eigenvalue weighted by molar-refractivity contribution is -0.190.